The minimum atomic E-state index is -1.58. The third kappa shape index (κ3) is 10.7. The summed E-state index contributed by atoms with van der Waals surface area (Å²) in [5.41, 5.74) is 2.67. The van der Waals surface area contributed by atoms with Gasteiger partial charge in [0.15, 0.2) is 17.1 Å². The van der Waals surface area contributed by atoms with Gasteiger partial charge >= 0.3 is 19.5 Å². The molecule has 6 aromatic rings. The van der Waals surface area contributed by atoms with Crippen molar-refractivity contribution in [3.63, 3.8) is 0 Å². The first-order valence-electron chi connectivity index (χ1n) is 15.0. The van der Waals surface area contributed by atoms with E-state index in [-0.39, 0.29) is 61.1 Å². The van der Waals surface area contributed by atoms with Crippen molar-refractivity contribution < 1.29 is 58.6 Å². The molecule has 1 fully saturated rings. The monoisotopic (exact) mass is 803 g/mol. The molecule has 0 amide bonds. The van der Waals surface area contributed by atoms with Gasteiger partial charge in [0, 0.05) is 63.7 Å². The third-order valence-electron chi connectivity index (χ3n) is 7.15. The number of aryl methyl sites for hydroxylation is 1. The smallest absolute Gasteiger partial charge is 1.00 e. The number of carboxylic acid groups (broad SMARTS) is 1. The van der Waals surface area contributed by atoms with Crippen molar-refractivity contribution in [2.24, 2.45) is 0 Å². The van der Waals surface area contributed by atoms with Gasteiger partial charge in [-0.2, -0.15) is 0 Å². The number of hydrogen-bond donors (Lipinski definition) is 1. The second kappa shape index (κ2) is 20.7. The molecule has 0 bridgehead atoms. The van der Waals surface area contributed by atoms with E-state index in [1.165, 1.54) is 10.8 Å². The van der Waals surface area contributed by atoms with E-state index in [0.29, 0.717) is 19.6 Å². The van der Waals surface area contributed by atoms with Crippen molar-refractivity contribution >= 4 is 22.8 Å². The van der Waals surface area contributed by atoms with Gasteiger partial charge in [0.2, 0.25) is 0 Å². The maximum Gasteiger partial charge on any atom is 3.00 e. The predicted molar refractivity (Wildman–Crippen MR) is 176 cm³/mol. The molecule has 0 aliphatic carbocycles. The normalized spacial score (nSPS) is 11.6. The van der Waals surface area contributed by atoms with Gasteiger partial charge in [0.05, 0.1) is 39.7 Å². The van der Waals surface area contributed by atoms with E-state index in [1.807, 2.05) is 77.7 Å². The Kier molecular flexibility index (Phi) is 17.2. The van der Waals surface area contributed by atoms with Crippen LogP contribution in [0.1, 0.15) is 17.3 Å². The summed E-state index contributed by atoms with van der Waals surface area (Å²) in [5, 5.41) is 14.2. The van der Waals surface area contributed by atoms with Crippen molar-refractivity contribution in [1.29, 1.82) is 0 Å². The van der Waals surface area contributed by atoms with Gasteiger partial charge < -0.3 is 49.5 Å². The molecule has 11 nitrogen and oxygen atoms in total. The van der Waals surface area contributed by atoms with Crippen LogP contribution in [0.25, 0.3) is 33.8 Å². The Morgan fingerprint density at radius 2 is 1.24 bits per heavy atom. The first-order chi connectivity index (χ1) is 23.0. The fourth-order valence-electron chi connectivity index (χ4n) is 4.82. The van der Waals surface area contributed by atoms with Gasteiger partial charge in [-0.3, -0.25) is 24.7 Å². The van der Waals surface area contributed by atoms with Gasteiger partial charge in [0.1, 0.15) is 5.65 Å². The number of pyridine rings is 6. The maximum atomic E-state index is 14.4. The predicted octanol–water partition coefficient (Wildman–Crippen LogP) is -2.38. The fraction of sp³-hybridized carbons (Fsp3) is 0.171. The number of halogens is 3. The Morgan fingerprint density at radius 3 is 1.60 bits per heavy atom. The summed E-state index contributed by atoms with van der Waals surface area (Å²) < 4.78 is 15.9. The van der Waals surface area contributed by atoms with Gasteiger partial charge in [-0.1, -0.05) is 24.3 Å². The topological polar surface area (TPSA) is 142 Å². The summed E-state index contributed by atoms with van der Waals surface area (Å²) in [6, 6.07) is 24.3. The number of aromatic nitrogens is 6. The Labute approximate surface area is 313 Å². The first-order valence-corrected chi connectivity index (χ1v) is 15.0. The molecule has 259 valence electrons. The fourth-order valence-corrected chi connectivity index (χ4v) is 4.82. The van der Waals surface area contributed by atoms with Crippen LogP contribution in [0, 0.1) is 5.82 Å². The van der Waals surface area contributed by atoms with Crippen LogP contribution in [0.15, 0.2) is 115 Å². The molecule has 0 unspecified atom stereocenters. The van der Waals surface area contributed by atoms with Crippen molar-refractivity contribution in [2.45, 2.75) is 13.5 Å². The molecule has 15 heteroatoms. The summed E-state index contributed by atoms with van der Waals surface area (Å²) in [7, 11) is 0. The number of piperazine rings is 1. The third-order valence-corrected chi connectivity index (χ3v) is 7.15. The average Bonchev–Trinajstić information content (AvgIpc) is 3.14. The number of nitrogens with zero attached hydrogens (tertiary/aromatic N) is 7. The Hall–Kier alpha value is -4.68. The number of aromatic carboxylic acids is 1. The number of carbonyl (C=O) groups is 1. The zero-order valence-corrected chi connectivity index (χ0v) is 30.0. The molecule has 0 aromatic carbocycles. The van der Waals surface area contributed by atoms with Crippen LogP contribution in [-0.2, 0) is 26.0 Å². The standard InChI is InChI=1S/C15H17FN4O3.2C10H8N2.2ClH.Ru/c1-2-19-8-10(15(22)23)12(21)9-7-11(16)14(18-13(9)19)20-5-3-17-4-6-20;2*1-3-7-11-9(5-1)10-6-2-4-8-12-10;;;/h7-8,17H,2-6H2,1H3,(H,22,23);2*1-8H;2*1H;/q;;;;;+3/p-3. The summed E-state index contributed by atoms with van der Waals surface area (Å²) in [4.78, 5) is 46.1. The number of hydrogen-bond acceptors (Lipinski definition) is 10. The number of fused-ring (bicyclic) bond motifs is 1. The van der Waals surface area contributed by atoms with Crippen LogP contribution >= 0.6 is 0 Å². The minimum absolute atomic E-state index is 0. The van der Waals surface area contributed by atoms with Crippen molar-refractivity contribution in [2.75, 3.05) is 31.1 Å². The Bertz CT molecular complexity index is 1830. The van der Waals surface area contributed by atoms with Crippen molar-refractivity contribution in [1.82, 2.24) is 34.8 Å². The zero-order chi connectivity index (χ0) is 33.0. The summed E-state index contributed by atoms with van der Waals surface area (Å²) in [5.74, 6) is -2.03. The van der Waals surface area contributed by atoms with E-state index in [1.54, 1.807) is 31.7 Å². The maximum absolute atomic E-state index is 14.4. The molecule has 7 rings (SSSR count). The Morgan fingerprint density at radius 1 is 0.800 bits per heavy atom. The first kappa shape index (κ1) is 41.5. The molecule has 1 N–H and O–H groups in total. The summed E-state index contributed by atoms with van der Waals surface area (Å²) in [6.45, 7) is 4.87. The van der Waals surface area contributed by atoms with Gasteiger partial charge in [-0.05, 0) is 61.5 Å². The van der Waals surface area contributed by atoms with Crippen LogP contribution in [-0.4, -0.2) is 61.6 Å². The van der Waals surface area contributed by atoms with E-state index in [9.17, 15) is 19.1 Å². The molecule has 1 aliphatic rings. The van der Waals surface area contributed by atoms with E-state index < -0.39 is 22.8 Å². The molecular formula is C35H32Cl2FN8O3Ru. The van der Waals surface area contributed by atoms with Crippen LogP contribution < -0.4 is 45.6 Å². The van der Waals surface area contributed by atoms with E-state index in [4.69, 9.17) is 0 Å². The molecule has 1 radical (unpaired) electrons. The largest absolute Gasteiger partial charge is 3.00 e. The second-order valence-electron chi connectivity index (χ2n) is 10.2. The van der Waals surface area contributed by atoms with Gasteiger partial charge in [0.25, 0.3) is 0 Å². The van der Waals surface area contributed by atoms with Crippen molar-refractivity contribution in [3.05, 3.63) is 131 Å². The van der Waals surface area contributed by atoms with Gasteiger partial charge in [-0.15, -0.1) is 0 Å². The molecular weight excluding hydrogens is 771 g/mol. The van der Waals surface area contributed by atoms with Crippen LogP contribution in [0.4, 0.5) is 10.2 Å². The summed E-state index contributed by atoms with van der Waals surface area (Å²) >= 11 is 0. The number of carboxylic acids is 1. The van der Waals surface area contributed by atoms with Gasteiger partial charge in [-0.25, -0.2) is 9.37 Å². The van der Waals surface area contributed by atoms with E-state index >= 15 is 0 Å². The Balaban J connectivity index is 0.000000274. The van der Waals surface area contributed by atoms with Crippen LogP contribution in [0.5, 0.6) is 0 Å². The molecule has 0 atom stereocenters. The summed E-state index contributed by atoms with van der Waals surface area (Å²) in [6.07, 6.45) is 8.27. The number of carbonyl (C=O) groups excluding carboxylic acids is 1. The number of anilines is 1. The molecule has 0 saturated carbocycles. The number of rotatable bonds is 5. The van der Waals surface area contributed by atoms with Crippen LogP contribution in [0.3, 0.4) is 0 Å². The van der Waals surface area contributed by atoms with E-state index in [0.717, 1.165) is 41.9 Å². The second-order valence-corrected chi connectivity index (χ2v) is 10.2. The van der Waals surface area contributed by atoms with E-state index in [2.05, 4.69) is 30.2 Å². The number of nitrogens with one attached hydrogen (secondary N) is 1. The quantitative estimate of drug-likeness (QED) is 0.188. The molecule has 1 aliphatic heterocycles. The SMILES string of the molecule is CCn1cc(C(=O)[O-])c(=O)c2cc(F)c(N3CCNCC3)nc21.[Cl-].[Cl-].[Ru+3].c1ccc(-c2ccccn2)nc1.c1ccc(-c2ccccn2)nc1. The molecule has 6 aromatic heterocycles. The van der Waals surface area contributed by atoms with Crippen LogP contribution in [0.2, 0.25) is 0 Å². The zero-order valence-electron chi connectivity index (χ0n) is 26.8. The molecule has 50 heavy (non-hydrogen) atoms. The molecule has 7 heterocycles. The molecule has 0 spiro atoms. The molecule has 1 saturated heterocycles. The average molecular weight is 804 g/mol. The minimum Gasteiger partial charge on any atom is -1.00 e. The van der Waals surface area contributed by atoms with Crippen molar-refractivity contribution in [3.8, 4) is 22.8 Å².